The SMILES string of the molecule is Nc1ccc(C(=O)NC(=O)C(=O)Nc2cccc(Cl)c2)cc1. The second-order valence-corrected chi connectivity index (χ2v) is 4.81. The lowest BCUT2D eigenvalue weighted by Gasteiger charge is -2.06. The van der Waals surface area contributed by atoms with Gasteiger partial charge in [-0.3, -0.25) is 19.7 Å². The van der Waals surface area contributed by atoms with Gasteiger partial charge in [-0.05, 0) is 42.5 Å². The molecule has 0 saturated heterocycles. The summed E-state index contributed by atoms with van der Waals surface area (Å²) in [6.45, 7) is 0. The van der Waals surface area contributed by atoms with Gasteiger partial charge in [-0.2, -0.15) is 0 Å². The Labute approximate surface area is 131 Å². The average molecular weight is 318 g/mol. The molecule has 0 radical (unpaired) electrons. The number of carbonyl (C=O) groups is 3. The second kappa shape index (κ2) is 6.73. The van der Waals surface area contributed by atoms with Crippen LogP contribution in [0.15, 0.2) is 48.5 Å². The van der Waals surface area contributed by atoms with E-state index in [2.05, 4.69) is 5.32 Å². The Hall–Kier alpha value is -2.86. The van der Waals surface area contributed by atoms with E-state index in [1.165, 1.54) is 30.3 Å². The summed E-state index contributed by atoms with van der Waals surface area (Å²) in [5.74, 6) is -2.72. The third kappa shape index (κ3) is 4.07. The minimum atomic E-state index is -1.07. The largest absolute Gasteiger partial charge is 0.399 e. The van der Waals surface area contributed by atoms with E-state index in [1.807, 2.05) is 5.32 Å². The first-order valence-electron chi connectivity index (χ1n) is 6.23. The van der Waals surface area contributed by atoms with Gasteiger partial charge in [-0.15, -0.1) is 0 Å². The number of benzene rings is 2. The summed E-state index contributed by atoms with van der Waals surface area (Å²) in [6.07, 6.45) is 0. The summed E-state index contributed by atoms with van der Waals surface area (Å²) >= 11 is 5.77. The van der Waals surface area contributed by atoms with Crippen molar-refractivity contribution in [2.75, 3.05) is 11.1 Å². The molecule has 0 bridgehead atoms. The zero-order chi connectivity index (χ0) is 16.1. The highest BCUT2D eigenvalue weighted by Gasteiger charge is 2.18. The second-order valence-electron chi connectivity index (χ2n) is 4.37. The number of imide groups is 1. The maximum absolute atomic E-state index is 11.8. The third-order valence-electron chi connectivity index (χ3n) is 2.69. The van der Waals surface area contributed by atoms with Gasteiger partial charge in [-0.1, -0.05) is 17.7 Å². The van der Waals surface area contributed by atoms with Crippen molar-refractivity contribution in [3.63, 3.8) is 0 Å². The summed E-state index contributed by atoms with van der Waals surface area (Å²) in [6, 6.07) is 12.2. The van der Waals surface area contributed by atoms with E-state index in [4.69, 9.17) is 17.3 Å². The first-order chi connectivity index (χ1) is 10.5. The number of nitrogens with two attached hydrogens (primary N) is 1. The monoisotopic (exact) mass is 317 g/mol. The number of carbonyl (C=O) groups excluding carboxylic acids is 3. The predicted octanol–water partition coefficient (Wildman–Crippen LogP) is 1.82. The van der Waals surface area contributed by atoms with E-state index in [0.29, 0.717) is 16.4 Å². The minimum Gasteiger partial charge on any atom is -0.399 e. The lowest BCUT2D eigenvalue weighted by molar-refractivity contribution is -0.135. The van der Waals surface area contributed by atoms with Crippen molar-refractivity contribution in [2.24, 2.45) is 0 Å². The number of hydrogen-bond acceptors (Lipinski definition) is 4. The Kier molecular flexibility index (Phi) is 4.75. The van der Waals surface area contributed by atoms with Crippen LogP contribution in [0, 0.1) is 0 Å². The van der Waals surface area contributed by atoms with Gasteiger partial charge in [0.15, 0.2) is 0 Å². The normalized spacial score (nSPS) is 9.86. The predicted molar refractivity (Wildman–Crippen MR) is 83.4 cm³/mol. The van der Waals surface area contributed by atoms with Crippen LogP contribution in [0.4, 0.5) is 11.4 Å². The van der Waals surface area contributed by atoms with E-state index in [9.17, 15) is 14.4 Å². The Bertz CT molecular complexity index is 729. The molecule has 0 aliphatic rings. The Morgan fingerprint density at radius 2 is 1.64 bits per heavy atom. The van der Waals surface area contributed by atoms with Gasteiger partial charge < -0.3 is 11.1 Å². The van der Waals surface area contributed by atoms with Crippen LogP contribution >= 0.6 is 11.6 Å². The van der Waals surface area contributed by atoms with Crippen LogP contribution in [-0.2, 0) is 9.59 Å². The molecule has 4 N–H and O–H groups in total. The Morgan fingerprint density at radius 1 is 0.955 bits per heavy atom. The average Bonchev–Trinajstić information content (AvgIpc) is 2.47. The topological polar surface area (TPSA) is 101 Å². The quantitative estimate of drug-likeness (QED) is 0.581. The summed E-state index contributed by atoms with van der Waals surface area (Å²) < 4.78 is 0. The molecule has 0 aliphatic carbocycles. The van der Waals surface area contributed by atoms with Crippen molar-refractivity contribution in [3.05, 3.63) is 59.1 Å². The molecule has 0 atom stereocenters. The maximum atomic E-state index is 11.8. The number of halogens is 1. The summed E-state index contributed by atoms with van der Waals surface area (Å²) in [5.41, 5.74) is 6.56. The molecule has 6 nitrogen and oxygen atoms in total. The molecule has 2 aromatic carbocycles. The van der Waals surface area contributed by atoms with E-state index in [0.717, 1.165) is 0 Å². The number of hydrogen-bond donors (Lipinski definition) is 3. The lowest BCUT2D eigenvalue weighted by atomic mass is 10.2. The van der Waals surface area contributed by atoms with E-state index in [-0.39, 0.29) is 5.56 Å². The fourth-order valence-electron chi connectivity index (χ4n) is 1.62. The van der Waals surface area contributed by atoms with Crippen LogP contribution in [0.2, 0.25) is 5.02 Å². The maximum Gasteiger partial charge on any atom is 0.316 e. The zero-order valence-electron chi connectivity index (χ0n) is 11.3. The first kappa shape index (κ1) is 15.5. The first-order valence-corrected chi connectivity index (χ1v) is 6.61. The molecule has 0 aromatic heterocycles. The van der Waals surface area contributed by atoms with Crippen molar-refractivity contribution in [1.82, 2.24) is 5.32 Å². The third-order valence-corrected chi connectivity index (χ3v) is 2.92. The van der Waals surface area contributed by atoms with Crippen molar-refractivity contribution in [2.45, 2.75) is 0 Å². The molecule has 0 spiro atoms. The molecule has 0 fully saturated rings. The molecule has 2 rings (SSSR count). The van der Waals surface area contributed by atoms with Crippen LogP contribution in [0.25, 0.3) is 0 Å². The molecule has 3 amide bonds. The van der Waals surface area contributed by atoms with E-state index < -0.39 is 17.7 Å². The number of anilines is 2. The zero-order valence-corrected chi connectivity index (χ0v) is 12.1. The smallest absolute Gasteiger partial charge is 0.316 e. The fraction of sp³-hybridized carbons (Fsp3) is 0. The standard InChI is InChI=1S/C15H12ClN3O3/c16-10-2-1-3-12(8-10)18-14(21)15(22)19-13(20)9-4-6-11(17)7-5-9/h1-8H,17H2,(H,18,21)(H,19,20,22). The van der Waals surface area contributed by atoms with Gasteiger partial charge in [0.1, 0.15) is 0 Å². The molecule has 22 heavy (non-hydrogen) atoms. The summed E-state index contributed by atoms with van der Waals surface area (Å²) in [4.78, 5) is 35.2. The highest BCUT2D eigenvalue weighted by atomic mass is 35.5. The molecule has 112 valence electrons. The molecule has 7 heteroatoms. The van der Waals surface area contributed by atoms with Gasteiger partial charge in [0, 0.05) is 22.0 Å². The van der Waals surface area contributed by atoms with Gasteiger partial charge in [0.2, 0.25) is 0 Å². The molecular formula is C15H12ClN3O3. The molecular weight excluding hydrogens is 306 g/mol. The van der Waals surface area contributed by atoms with Crippen molar-refractivity contribution >= 4 is 40.7 Å². The van der Waals surface area contributed by atoms with Crippen LogP contribution in [0.5, 0.6) is 0 Å². The Balaban J connectivity index is 1.98. The van der Waals surface area contributed by atoms with Crippen LogP contribution in [0.1, 0.15) is 10.4 Å². The fourth-order valence-corrected chi connectivity index (χ4v) is 1.81. The van der Waals surface area contributed by atoms with Gasteiger partial charge in [0.25, 0.3) is 5.91 Å². The number of nitrogens with one attached hydrogen (secondary N) is 2. The number of amides is 3. The molecule has 0 aliphatic heterocycles. The van der Waals surface area contributed by atoms with Crippen molar-refractivity contribution in [3.8, 4) is 0 Å². The van der Waals surface area contributed by atoms with Crippen LogP contribution in [-0.4, -0.2) is 17.7 Å². The van der Waals surface area contributed by atoms with E-state index >= 15 is 0 Å². The van der Waals surface area contributed by atoms with Gasteiger partial charge in [-0.25, -0.2) is 0 Å². The lowest BCUT2D eigenvalue weighted by Crippen LogP contribution is -2.39. The molecule has 0 saturated carbocycles. The number of rotatable bonds is 2. The van der Waals surface area contributed by atoms with Crippen LogP contribution in [0.3, 0.4) is 0 Å². The van der Waals surface area contributed by atoms with Gasteiger partial charge >= 0.3 is 11.8 Å². The molecule has 2 aromatic rings. The number of nitrogen functional groups attached to an aromatic ring is 1. The molecule has 0 heterocycles. The van der Waals surface area contributed by atoms with Crippen LogP contribution < -0.4 is 16.4 Å². The van der Waals surface area contributed by atoms with Gasteiger partial charge in [0.05, 0.1) is 0 Å². The highest BCUT2D eigenvalue weighted by Crippen LogP contribution is 2.14. The highest BCUT2D eigenvalue weighted by molar-refractivity contribution is 6.42. The van der Waals surface area contributed by atoms with Crippen molar-refractivity contribution < 1.29 is 14.4 Å². The Morgan fingerprint density at radius 3 is 2.27 bits per heavy atom. The van der Waals surface area contributed by atoms with E-state index in [1.54, 1.807) is 18.2 Å². The van der Waals surface area contributed by atoms with Crippen molar-refractivity contribution in [1.29, 1.82) is 0 Å². The summed E-state index contributed by atoms with van der Waals surface area (Å²) in [5, 5.41) is 4.74. The minimum absolute atomic E-state index is 0.220. The summed E-state index contributed by atoms with van der Waals surface area (Å²) in [7, 11) is 0. The molecule has 0 unspecified atom stereocenters.